The van der Waals surface area contributed by atoms with E-state index in [0.717, 1.165) is 24.8 Å². The zero-order valence-corrected chi connectivity index (χ0v) is 10.1. The van der Waals surface area contributed by atoms with Gasteiger partial charge in [0.2, 0.25) is 0 Å². The number of hydrogen-bond acceptors (Lipinski definition) is 1. The van der Waals surface area contributed by atoms with E-state index in [9.17, 15) is 0 Å². The quantitative estimate of drug-likeness (QED) is 0.604. The van der Waals surface area contributed by atoms with Crippen molar-refractivity contribution in [3.8, 4) is 0 Å². The molecule has 0 bridgehead atoms. The van der Waals surface area contributed by atoms with Crippen LogP contribution in [0.2, 0.25) is 10.0 Å². The molecule has 0 amide bonds. The molecule has 0 aromatic heterocycles. The van der Waals surface area contributed by atoms with Crippen LogP contribution in [0.25, 0.3) is 0 Å². The molecule has 0 heterocycles. The molecule has 0 aliphatic carbocycles. The summed E-state index contributed by atoms with van der Waals surface area (Å²) in [6, 6.07) is 5.36. The predicted molar refractivity (Wildman–Crippen MR) is 67.4 cm³/mol. The molecule has 1 rings (SSSR count). The first-order valence-electron chi connectivity index (χ1n) is 4.97. The third-order valence-electron chi connectivity index (χ3n) is 2.29. The van der Waals surface area contributed by atoms with Crippen molar-refractivity contribution in [3.63, 3.8) is 0 Å². The van der Waals surface area contributed by atoms with Crippen LogP contribution in [0, 0.1) is 0 Å². The van der Waals surface area contributed by atoms with Gasteiger partial charge in [-0.15, -0.1) is 6.58 Å². The highest BCUT2D eigenvalue weighted by Gasteiger charge is 2.13. The minimum atomic E-state index is -0.0915. The summed E-state index contributed by atoms with van der Waals surface area (Å²) in [5.41, 5.74) is 6.89. The smallest absolute Gasteiger partial charge is 0.0468 e. The summed E-state index contributed by atoms with van der Waals surface area (Å²) in [5, 5.41) is 1.29. The summed E-state index contributed by atoms with van der Waals surface area (Å²) >= 11 is 12.1. The summed E-state index contributed by atoms with van der Waals surface area (Å²) in [5.74, 6) is 0. The van der Waals surface area contributed by atoms with Gasteiger partial charge >= 0.3 is 0 Å². The Hall–Kier alpha value is -0.500. The van der Waals surface area contributed by atoms with E-state index in [1.54, 1.807) is 0 Å². The molecule has 82 valence electrons. The molecule has 1 aromatic carbocycles. The minimum absolute atomic E-state index is 0.0915. The van der Waals surface area contributed by atoms with E-state index in [1.807, 2.05) is 24.3 Å². The van der Waals surface area contributed by atoms with Gasteiger partial charge < -0.3 is 5.73 Å². The van der Waals surface area contributed by atoms with Crippen LogP contribution >= 0.6 is 23.2 Å². The Bertz CT molecular complexity index is 316. The molecule has 0 fully saturated rings. The first-order valence-corrected chi connectivity index (χ1v) is 5.72. The fraction of sp³-hybridized carbons (Fsp3) is 0.333. The van der Waals surface area contributed by atoms with Gasteiger partial charge in [-0.05, 0) is 31.4 Å². The molecule has 3 heteroatoms. The normalized spacial score (nSPS) is 12.5. The van der Waals surface area contributed by atoms with Crippen LogP contribution in [0.3, 0.4) is 0 Å². The van der Waals surface area contributed by atoms with Crippen LogP contribution in [-0.4, -0.2) is 0 Å². The molecule has 0 saturated carbocycles. The van der Waals surface area contributed by atoms with E-state index in [2.05, 4.69) is 6.58 Å². The SMILES string of the molecule is C=CCCCC(N)c1c(Cl)cccc1Cl. The van der Waals surface area contributed by atoms with Crippen molar-refractivity contribution < 1.29 is 0 Å². The van der Waals surface area contributed by atoms with Gasteiger partial charge in [0.15, 0.2) is 0 Å². The number of benzene rings is 1. The lowest BCUT2D eigenvalue weighted by molar-refractivity contribution is 0.617. The minimum Gasteiger partial charge on any atom is -0.324 e. The van der Waals surface area contributed by atoms with Gasteiger partial charge in [-0.2, -0.15) is 0 Å². The largest absolute Gasteiger partial charge is 0.324 e. The van der Waals surface area contributed by atoms with Crippen molar-refractivity contribution in [2.45, 2.75) is 25.3 Å². The predicted octanol–water partition coefficient (Wildman–Crippen LogP) is 4.35. The van der Waals surface area contributed by atoms with Crippen LogP contribution in [0.15, 0.2) is 30.9 Å². The fourth-order valence-corrected chi connectivity index (χ4v) is 2.17. The van der Waals surface area contributed by atoms with E-state index < -0.39 is 0 Å². The van der Waals surface area contributed by atoms with Gasteiger partial charge in [-0.3, -0.25) is 0 Å². The highest BCUT2D eigenvalue weighted by atomic mass is 35.5. The van der Waals surface area contributed by atoms with Gasteiger partial charge in [0.25, 0.3) is 0 Å². The second-order valence-corrected chi connectivity index (χ2v) is 4.28. The topological polar surface area (TPSA) is 26.0 Å². The maximum Gasteiger partial charge on any atom is 0.0468 e. The number of rotatable bonds is 5. The lowest BCUT2D eigenvalue weighted by Crippen LogP contribution is -2.11. The Labute approximate surface area is 101 Å². The Balaban J connectivity index is 2.72. The van der Waals surface area contributed by atoms with E-state index in [1.165, 1.54) is 0 Å². The lowest BCUT2D eigenvalue weighted by atomic mass is 10.0. The second kappa shape index (κ2) is 6.16. The third-order valence-corrected chi connectivity index (χ3v) is 2.95. The Morgan fingerprint density at radius 2 is 1.93 bits per heavy atom. The zero-order chi connectivity index (χ0) is 11.3. The van der Waals surface area contributed by atoms with Gasteiger partial charge in [0.05, 0.1) is 0 Å². The van der Waals surface area contributed by atoms with Gasteiger partial charge in [0.1, 0.15) is 0 Å². The van der Waals surface area contributed by atoms with E-state index in [4.69, 9.17) is 28.9 Å². The average Bonchev–Trinajstić information content (AvgIpc) is 2.18. The van der Waals surface area contributed by atoms with Crippen LogP contribution in [-0.2, 0) is 0 Å². The molecule has 1 unspecified atom stereocenters. The van der Waals surface area contributed by atoms with Crippen LogP contribution in [0.1, 0.15) is 30.9 Å². The molecule has 1 atom stereocenters. The van der Waals surface area contributed by atoms with Gasteiger partial charge in [-0.25, -0.2) is 0 Å². The molecule has 15 heavy (non-hydrogen) atoms. The molecule has 2 N–H and O–H groups in total. The molecule has 0 saturated heterocycles. The van der Waals surface area contributed by atoms with Crippen LogP contribution < -0.4 is 5.73 Å². The Morgan fingerprint density at radius 3 is 2.47 bits per heavy atom. The highest BCUT2D eigenvalue weighted by Crippen LogP contribution is 2.31. The van der Waals surface area contributed by atoms with Gasteiger partial charge in [0, 0.05) is 21.7 Å². The Kier molecular flexibility index (Phi) is 5.16. The molecule has 0 aliphatic rings. The standard InChI is InChI=1S/C12H15Cl2N/c1-2-3-4-8-11(15)12-9(13)6-5-7-10(12)14/h2,5-7,11H,1,3-4,8,15H2. The monoisotopic (exact) mass is 243 g/mol. The van der Waals surface area contributed by atoms with Crippen molar-refractivity contribution in [3.05, 3.63) is 46.5 Å². The van der Waals surface area contributed by atoms with E-state index in [0.29, 0.717) is 10.0 Å². The molecular formula is C12H15Cl2N. The van der Waals surface area contributed by atoms with E-state index in [-0.39, 0.29) is 6.04 Å². The molecule has 1 aromatic rings. The zero-order valence-electron chi connectivity index (χ0n) is 8.55. The first kappa shape index (κ1) is 12.6. The Morgan fingerprint density at radius 1 is 1.33 bits per heavy atom. The van der Waals surface area contributed by atoms with Crippen molar-refractivity contribution in [2.24, 2.45) is 5.73 Å². The number of hydrogen-bond donors (Lipinski definition) is 1. The number of unbranched alkanes of at least 4 members (excludes halogenated alkanes) is 1. The lowest BCUT2D eigenvalue weighted by Gasteiger charge is -2.14. The molecule has 0 spiro atoms. The average molecular weight is 244 g/mol. The maximum absolute atomic E-state index is 6.05. The number of allylic oxidation sites excluding steroid dienone is 1. The molecule has 0 aliphatic heterocycles. The summed E-state index contributed by atoms with van der Waals surface area (Å²) in [7, 11) is 0. The van der Waals surface area contributed by atoms with Crippen LogP contribution in [0.5, 0.6) is 0 Å². The summed E-state index contributed by atoms with van der Waals surface area (Å²) < 4.78 is 0. The van der Waals surface area contributed by atoms with Crippen molar-refractivity contribution in [2.75, 3.05) is 0 Å². The molecular weight excluding hydrogens is 229 g/mol. The summed E-state index contributed by atoms with van der Waals surface area (Å²) in [6.07, 6.45) is 4.73. The number of nitrogens with two attached hydrogens (primary N) is 1. The van der Waals surface area contributed by atoms with E-state index >= 15 is 0 Å². The molecule has 0 radical (unpaired) electrons. The third kappa shape index (κ3) is 3.53. The van der Waals surface area contributed by atoms with Crippen molar-refractivity contribution >= 4 is 23.2 Å². The van der Waals surface area contributed by atoms with Crippen molar-refractivity contribution in [1.82, 2.24) is 0 Å². The first-order chi connectivity index (χ1) is 7.16. The fourth-order valence-electron chi connectivity index (χ4n) is 1.49. The maximum atomic E-state index is 6.05. The van der Waals surface area contributed by atoms with Gasteiger partial charge in [-0.1, -0.05) is 35.3 Å². The number of halogens is 2. The second-order valence-electron chi connectivity index (χ2n) is 3.46. The van der Waals surface area contributed by atoms with Crippen LogP contribution in [0.4, 0.5) is 0 Å². The summed E-state index contributed by atoms with van der Waals surface area (Å²) in [4.78, 5) is 0. The van der Waals surface area contributed by atoms with Crippen molar-refractivity contribution in [1.29, 1.82) is 0 Å². The molecule has 1 nitrogen and oxygen atoms in total. The highest BCUT2D eigenvalue weighted by molar-refractivity contribution is 6.36. The summed E-state index contributed by atoms with van der Waals surface area (Å²) in [6.45, 7) is 3.67.